The van der Waals surface area contributed by atoms with Crippen LogP contribution in [0.15, 0.2) is 0 Å². The van der Waals surface area contributed by atoms with Crippen molar-refractivity contribution >= 4 is 142 Å². The maximum absolute atomic E-state index is 12.3. The number of rotatable bonds is 40. The number of hydrogen-bond acceptors (Lipinski definition) is 48. The van der Waals surface area contributed by atoms with E-state index >= 15 is 0 Å². The van der Waals surface area contributed by atoms with Crippen molar-refractivity contribution in [1.29, 1.82) is 0 Å². The fourth-order valence-corrected chi connectivity index (χ4v) is 22.6. The Balaban J connectivity index is 1.12. The second-order valence-electron chi connectivity index (χ2n) is 30.7. The summed E-state index contributed by atoms with van der Waals surface area (Å²) in [4.78, 5) is 94.3. The van der Waals surface area contributed by atoms with E-state index in [0.29, 0.717) is 0 Å². The molecule has 0 aromatic rings. The number of aliphatic hydroxyl groups excluding tert-OH is 16. The Morgan fingerprint density at radius 1 is 0.156 bits per heavy atom. The maximum Gasteiger partial charge on any atom is 0.304 e. The summed E-state index contributed by atoms with van der Waals surface area (Å²) in [5.74, 6) is -14.4. The van der Waals surface area contributed by atoms with Crippen LogP contribution in [-0.2, 0) is 114 Å². The van der Waals surface area contributed by atoms with Crippen molar-refractivity contribution < 1.29 is 237 Å². The first-order valence-electron chi connectivity index (χ1n) is 40.5. The molecule has 30 rings (SSSR count). The number of hydrogen-bond donors (Lipinski definition) is 24. The van der Waals surface area contributed by atoms with Gasteiger partial charge in [-0.05, 0) is 0 Å². The molecule has 24 N–H and O–H groups in total. The van der Waals surface area contributed by atoms with Gasteiger partial charge in [-0.15, -0.1) is 0 Å². The molecule has 0 aromatic carbocycles. The van der Waals surface area contributed by atoms with Gasteiger partial charge < -0.3 is 198 Å². The molecule has 40 atom stereocenters. The molecular formula is C72H112O48S8. The highest BCUT2D eigenvalue weighted by molar-refractivity contribution is 8.00. The van der Waals surface area contributed by atoms with Crippen LogP contribution < -0.4 is 0 Å². The van der Waals surface area contributed by atoms with Crippen molar-refractivity contribution in [3.05, 3.63) is 0 Å². The van der Waals surface area contributed by atoms with Crippen LogP contribution in [0.1, 0.15) is 51.4 Å². The summed E-state index contributed by atoms with van der Waals surface area (Å²) in [6.45, 7) is 0. The van der Waals surface area contributed by atoms with Crippen LogP contribution in [0, 0.1) is 0 Å². The lowest BCUT2D eigenvalue weighted by Gasteiger charge is -2.51. The Morgan fingerprint density at radius 2 is 0.250 bits per heavy atom. The van der Waals surface area contributed by atoms with Crippen LogP contribution in [-0.4, -0.2) is 508 Å². The number of aliphatic hydroxyl groups is 16. The Morgan fingerprint density at radius 3 is 0.336 bits per heavy atom. The summed E-state index contributed by atoms with van der Waals surface area (Å²) in [7, 11) is 0. The molecule has 30 heterocycles. The van der Waals surface area contributed by atoms with Gasteiger partial charge in [0.2, 0.25) is 0 Å². The fourth-order valence-electron chi connectivity index (χ4n) is 14.7. The number of thioether (sulfide) groups is 8. The van der Waals surface area contributed by atoms with Crippen molar-refractivity contribution in [1.82, 2.24) is 0 Å². The first-order chi connectivity index (χ1) is 60.7. The standard InChI is InChI=1S/C72H112O48S8/c73-33(74)1-9-121-17-25-57-41(89)49(97)65(105-25)114-58-26(18-122-10-2-34(75)76)107-67(51(99)43(58)91)116-60-28(20-124-12-4-36(79)80)109-69(53(101)45(60)93)118-62-30(22-126-14-6-38(83)84)111-71(55(103)47(62)95)120-64-32(24-128-16-8-40(87)88)112-72(56(104)48(64)96)119-63-31(23-127-15-7-39(85)86)110-70(54(102)46(63)94)117-61-29(21-125-13-5-37(81)82)108-68(52(100)44(61)92)115-59-27(19-123-11-3-35(77)78)106-66(113-57)50(98)42(59)90/h25-32,41-72,89-104H,1-24H2,(H,73,74)(H,75,76)(H,77,78)(H,79,80)(H,81,82)(H,83,84)(H,85,86)(H,87,88). The molecule has 0 aliphatic carbocycles. The van der Waals surface area contributed by atoms with Gasteiger partial charge >= 0.3 is 47.8 Å². The van der Waals surface area contributed by atoms with Gasteiger partial charge in [0.25, 0.3) is 0 Å². The summed E-state index contributed by atoms with van der Waals surface area (Å²) in [6, 6.07) is 0. The highest BCUT2D eigenvalue weighted by atomic mass is 32.2. The van der Waals surface area contributed by atoms with Crippen molar-refractivity contribution in [2.45, 2.75) is 297 Å². The number of carbonyl (C=O) groups is 8. The highest BCUT2D eigenvalue weighted by Gasteiger charge is 2.61. The average molecular weight is 2000 g/mol. The normalized spacial score (nSPS) is 41.5. The van der Waals surface area contributed by atoms with Crippen LogP contribution in [0.25, 0.3) is 0 Å². The zero-order valence-corrected chi connectivity index (χ0v) is 74.4. The zero-order valence-electron chi connectivity index (χ0n) is 67.9. The summed E-state index contributed by atoms with van der Waals surface area (Å²) in [5.41, 5.74) is 0. The largest absolute Gasteiger partial charge is 0.481 e. The minimum atomic E-state index is -2.33. The molecule has 16 bridgehead atoms. The summed E-state index contributed by atoms with van der Waals surface area (Å²) < 4.78 is 100. The third kappa shape index (κ3) is 30.6. The van der Waals surface area contributed by atoms with Gasteiger partial charge in [-0.1, -0.05) is 0 Å². The molecule has 30 saturated heterocycles. The van der Waals surface area contributed by atoms with E-state index in [1.54, 1.807) is 0 Å². The van der Waals surface area contributed by atoms with Gasteiger partial charge in [-0.2, -0.15) is 94.1 Å². The minimum Gasteiger partial charge on any atom is -0.481 e. The minimum absolute atomic E-state index is 0.159. The van der Waals surface area contributed by atoms with Gasteiger partial charge in [0.05, 0.1) is 100 Å². The second kappa shape index (κ2) is 52.7. The second-order valence-corrected chi connectivity index (χ2v) is 39.9. The average Bonchev–Trinajstić information content (AvgIpc) is 0.770. The predicted octanol–water partition coefficient (Wildman–Crippen LogP) is -7.68. The van der Waals surface area contributed by atoms with Crippen molar-refractivity contribution in [3.63, 3.8) is 0 Å². The first-order valence-corrected chi connectivity index (χ1v) is 49.7. The van der Waals surface area contributed by atoms with Crippen LogP contribution in [0.3, 0.4) is 0 Å². The molecule has 0 amide bonds. The zero-order chi connectivity index (χ0) is 93.7. The molecule has 0 saturated carbocycles. The van der Waals surface area contributed by atoms with Crippen molar-refractivity contribution in [2.75, 3.05) is 92.0 Å². The lowest BCUT2D eigenvalue weighted by Crippen LogP contribution is -2.69. The SMILES string of the molecule is O=C(O)CCSCC1OC2OC3C(CSCCC(=O)O)OC(OC4C(CSCCC(=O)O)OC(OC5C(CSCCC(=O)O)OC(OC6C(CSCCC(=O)O)OC(OC7C(CSCCC(=O)O)OC(OC8C(CSCCC(=O)O)OC(OC9C(CSCCC(=O)O)OC(OC1C(O)C2O)C(O)C9O)C(O)C8O)C(O)C7O)C(O)C6O)C(O)C5O)C(O)C4O)C(O)C3O. The molecule has 0 radical (unpaired) electrons. The van der Waals surface area contributed by atoms with E-state index in [0.717, 1.165) is 94.1 Å². The van der Waals surface area contributed by atoms with Crippen LogP contribution in [0.4, 0.5) is 0 Å². The van der Waals surface area contributed by atoms with Gasteiger partial charge in [0.1, 0.15) is 146 Å². The van der Waals surface area contributed by atoms with Gasteiger partial charge in [0, 0.05) is 92.0 Å². The molecule has 0 aromatic heterocycles. The monoisotopic (exact) mass is 2000 g/mol. The highest BCUT2D eigenvalue weighted by Crippen LogP contribution is 2.43. The molecule has 30 aliphatic rings. The van der Waals surface area contributed by atoms with E-state index in [-0.39, 0.29) is 92.0 Å². The number of carboxylic acid groups (broad SMARTS) is 8. The molecule has 0 spiro atoms. The van der Waals surface area contributed by atoms with Crippen LogP contribution >= 0.6 is 94.1 Å². The Bertz CT molecular complexity index is 2830. The van der Waals surface area contributed by atoms with Crippen molar-refractivity contribution in [3.8, 4) is 0 Å². The van der Waals surface area contributed by atoms with E-state index in [2.05, 4.69) is 0 Å². The van der Waals surface area contributed by atoms with Crippen LogP contribution in [0.2, 0.25) is 0 Å². The van der Waals surface area contributed by atoms with Gasteiger partial charge in [-0.3, -0.25) is 38.4 Å². The summed E-state index contributed by atoms with van der Waals surface area (Å²) >= 11 is 7.04. The van der Waals surface area contributed by atoms with E-state index in [1.807, 2.05) is 0 Å². The number of carboxylic acids is 8. The third-order valence-corrected chi connectivity index (χ3v) is 29.9. The number of aliphatic carboxylic acids is 8. The molecule has 30 fully saturated rings. The van der Waals surface area contributed by atoms with Crippen LogP contribution in [0.5, 0.6) is 0 Å². The summed E-state index contributed by atoms with van der Waals surface area (Å²) in [5, 5.41) is 272. The first kappa shape index (κ1) is 109. The number of ether oxygens (including phenoxy) is 16. The fraction of sp³-hybridized carbons (Fsp3) is 0.889. The predicted molar refractivity (Wildman–Crippen MR) is 441 cm³/mol. The molecular weight excluding hydrogens is 1890 g/mol. The van der Waals surface area contributed by atoms with E-state index in [1.165, 1.54) is 0 Å². The van der Waals surface area contributed by atoms with E-state index in [9.17, 15) is 161 Å². The van der Waals surface area contributed by atoms with E-state index in [4.69, 9.17) is 75.8 Å². The topological polar surface area (TPSA) is 770 Å². The quantitative estimate of drug-likeness (QED) is 0.0253. The Kier molecular flexibility index (Phi) is 44.9. The Labute approximate surface area is 763 Å². The molecule has 128 heavy (non-hydrogen) atoms. The van der Waals surface area contributed by atoms with Crippen molar-refractivity contribution in [2.24, 2.45) is 0 Å². The molecule has 40 unspecified atom stereocenters. The lowest BCUT2D eigenvalue weighted by atomic mass is 9.95. The van der Waals surface area contributed by atoms with E-state index < -0.39 is 345 Å². The molecule has 30 aliphatic heterocycles. The van der Waals surface area contributed by atoms with Gasteiger partial charge in [0.15, 0.2) is 50.3 Å². The maximum atomic E-state index is 12.3. The molecule has 56 heteroatoms. The third-order valence-electron chi connectivity index (χ3n) is 21.4. The van der Waals surface area contributed by atoms with Gasteiger partial charge in [-0.25, -0.2) is 0 Å². The molecule has 736 valence electrons. The molecule has 48 nitrogen and oxygen atoms in total. The smallest absolute Gasteiger partial charge is 0.304 e. The lowest BCUT2D eigenvalue weighted by molar-refractivity contribution is -0.396. The Hall–Kier alpha value is -2.72. The summed E-state index contributed by atoms with van der Waals surface area (Å²) in [6.07, 6.45) is -85.9.